The molecule has 0 aliphatic rings. The van der Waals surface area contributed by atoms with Gasteiger partial charge in [-0.3, -0.25) is 9.59 Å². The molecule has 0 aromatic heterocycles. The van der Waals surface area contributed by atoms with E-state index >= 15 is 0 Å². The Morgan fingerprint density at radius 1 is 1.03 bits per heavy atom. The standard InChI is InChI=1S/C24H32N2O3/c1-6-22(24(28)25-17(2)3)26(15-20-9-7-8-19(5)14-20)23(27)16-29-21-12-10-18(4)11-13-21/h7-14,17,22H,6,15-16H2,1-5H3,(H,25,28). The maximum absolute atomic E-state index is 13.1. The van der Waals surface area contributed by atoms with E-state index in [4.69, 9.17) is 4.74 Å². The number of nitrogens with one attached hydrogen (secondary N) is 1. The third-order valence-corrected chi connectivity index (χ3v) is 4.64. The third-order valence-electron chi connectivity index (χ3n) is 4.64. The van der Waals surface area contributed by atoms with Gasteiger partial charge < -0.3 is 15.0 Å². The van der Waals surface area contributed by atoms with Crippen LogP contribution in [0.1, 0.15) is 43.9 Å². The molecule has 2 aromatic carbocycles. The lowest BCUT2D eigenvalue weighted by molar-refractivity contribution is -0.143. The first-order valence-electron chi connectivity index (χ1n) is 10.1. The van der Waals surface area contributed by atoms with E-state index in [1.165, 1.54) is 0 Å². The van der Waals surface area contributed by atoms with Gasteiger partial charge in [0.25, 0.3) is 5.91 Å². The summed E-state index contributed by atoms with van der Waals surface area (Å²) in [7, 11) is 0. The minimum absolute atomic E-state index is 0.0104. The van der Waals surface area contributed by atoms with E-state index in [-0.39, 0.29) is 24.5 Å². The highest BCUT2D eigenvalue weighted by Crippen LogP contribution is 2.16. The summed E-state index contributed by atoms with van der Waals surface area (Å²) >= 11 is 0. The Balaban J connectivity index is 2.20. The number of aryl methyl sites for hydroxylation is 2. The van der Waals surface area contributed by atoms with Crippen LogP contribution in [0.4, 0.5) is 0 Å². The zero-order valence-electron chi connectivity index (χ0n) is 18.1. The molecule has 1 atom stereocenters. The van der Waals surface area contributed by atoms with Gasteiger partial charge in [0.05, 0.1) is 0 Å². The van der Waals surface area contributed by atoms with Crippen LogP contribution in [0.5, 0.6) is 5.75 Å². The van der Waals surface area contributed by atoms with Gasteiger partial charge in [0.15, 0.2) is 6.61 Å². The molecule has 5 heteroatoms. The summed E-state index contributed by atoms with van der Waals surface area (Å²) in [5, 5.41) is 2.93. The van der Waals surface area contributed by atoms with Crippen molar-refractivity contribution in [2.45, 2.75) is 59.7 Å². The minimum atomic E-state index is -0.549. The number of hydrogen-bond donors (Lipinski definition) is 1. The average molecular weight is 397 g/mol. The monoisotopic (exact) mass is 396 g/mol. The lowest BCUT2D eigenvalue weighted by atomic mass is 10.1. The fourth-order valence-corrected chi connectivity index (χ4v) is 3.17. The highest BCUT2D eigenvalue weighted by Gasteiger charge is 2.29. The molecular formula is C24H32N2O3. The predicted octanol–water partition coefficient (Wildman–Crippen LogP) is 4.01. The summed E-state index contributed by atoms with van der Waals surface area (Å²) in [4.78, 5) is 27.5. The van der Waals surface area contributed by atoms with Crippen molar-refractivity contribution in [1.29, 1.82) is 0 Å². The first-order chi connectivity index (χ1) is 13.8. The van der Waals surface area contributed by atoms with E-state index in [9.17, 15) is 9.59 Å². The Bertz CT molecular complexity index is 815. The highest BCUT2D eigenvalue weighted by atomic mass is 16.5. The van der Waals surface area contributed by atoms with Gasteiger partial charge in [0.1, 0.15) is 11.8 Å². The largest absolute Gasteiger partial charge is 0.484 e. The summed E-state index contributed by atoms with van der Waals surface area (Å²) in [6, 6.07) is 15.0. The molecule has 0 fully saturated rings. The van der Waals surface area contributed by atoms with E-state index in [0.717, 1.165) is 16.7 Å². The molecule has 0 heterocycles. The van der Waals surface area contributed by atoms with Crippen LogP contribution in [-0.4, -0.2) is 35.4 Å². The van der Waals surface area contributed by atoms with Gasteiger partial charge in [-0.15, -0.1) is 0 Å². The Morgan fingerprint density at radius 3 is 2.31 bits per heavy atom. The van der Waals surface area contributed by atoms with Crippen molar-refractivity contribution in [2.24, 2.45) is 0 Å². The fourth-order valence-electron chi connectivity index (χ4n) is 3.17. The van der Waals surface area contributed by atoms with E-state index in [1.54, 1.807) is 4.90 Å². The van der Waals surface area contributed by atoms with Gasteiger partial charge in [-0.05, 0) is 51.8 Å². The normalized spacial score (nSPS) is 11.8. The van der Waals surface area contributed by atoms with Crippen LogP contribution in [0, 0.1) is 13.8 Å². The van der Waals surface area contributed by atoms with Crippen molar-refractivity contribution in [3.05, 3.63) is 65.2 Å². The fraction of sp³-hybridized carbons (Fsp3) is 0.417. The average Bonchev–Trinajstić information content (AvgIpc) is 2.66. The number of rotatable bonds is 9. The molecule has 0 spiro atoms. The first-order valence-corrected chi connectivity index (χ1v) is 10.1. The number of nitrogens with zero attached hydrogens (tertiary/aromatic N) is 1. The molecule has 0 aliphatic heterocycles. The van der Waals surface area contributed by atoms with Crippen molar-refractivity contribution in [3.63, 3.8) is 0 Å². The van der Waals surface area contributed by atoms with E-state index in [0.29, 0.717) is 18.7 Å². The lowest BCUT2D eigenvalue weighted by Gasteiger charge is -2.31. The number of ether oxygens (including phenoxy) is 1. The molecule has 5 nitrogen and oxygen atoms in total. The number of benzene rings is 2. The molecule has 2 aromatic rings. The zero-order chi connectivity index (χ0) is 21.4. The van der Waals surface area contributed by atoms with Gasteiger partial charge in [0.2, 0.25) is 5.91 Å². The zero-order valence-corrected chi connectivity index (χ0v) is 18.1. The lowest BCUT2D eigenvalue weighted by Crippen LogP contribution is -2.51. The summed E-state index contributed by atoms with van der Waals surface area (Å²) < 4.78 is 5.70. The molecule has 2 rings (SSSR count). The second kappa shape index (κ2) is 10.6. The van der Waals surface area contributed by atoms with Crippen LogP contribution in [-0.2, 0) is 16.1 Å². The maximum Gasteiger partial charge on any atom is 0.261 e. The molecule has 156 valence electrons. The van der Waals surface area contributed by atoms with Crippen molar-refractivity contribution < 1.29 is 14.3 Å². The Labute approximate surface area is 174 Å². The molecule has 29 heavy (non-hydrogen) atoms. The van der Waals surface area contributed by atoms with Crippen molar-refractivity contribution >= 4 is 11.8 Å². The van der Waals surface area contributed by atoms with Crippen molar-refractivity contribution in [2.75, 3.05) is 6.61 Å². The van der Waals surface area contributed by atoms with Gasteiger partial charge >= 0.3 is 0 Å². The maximum atomic E-state index is 13.1. The molecule has 0 saturated heterocycles. The second-order valence-electron chi connectivity index (χ2n) is 7.70. The summed E-state index contributed by atoms with van der Waals surface area (Å²) in [5.41, 5.74) is 3.23. The Morgan fingerprint density at radius 2 is 1.72 bits per heavy atom. The number of carbonyl (C=O) groups is 2. The van der Waals surface area contributed by atoms with Crippen molar-refractivity contribution in [1.82, 2.24) is 10.2 Å². The molecule has 1 unspecified atom stereocenters. The smallest absolute Gasteiger partial charge is 0.261 e. The van der Waals surface area contributed by atoms with Crippen molar-refractivity contribution in [3.8, 4) is 5.75 Å². The van der Waals surface area contributed by atoms with Crippen LogP contribution in [0.15, 0.2) is 48.5 Å². The SMILES string of the molecule is CCC(C(=O)NC(C)C)N(Cc1cccc(C)c1)C(=O)COc1ccc(C)cc1. The first kappa shape index (κ1) is 22.5. The summed E-state index contributed by atoms with van der Waals surface area (Å²) in [5.74, 6) is 0.288. The number of carbonyl (C=O) groups excluding carboxylic acids is 2. The van der Waals surface area contributed by atoms with E-state index < -0.39 is 6.04 Å². The quantitative estimate of drug-likeness (QED) is 0.697. The van der Waals surface area contributed by atoms with Crippen LogP contribution in [0.25, 0.3) is 0 Å². The van der Waals surface area contributed by atoms with Gasteiger partial charge in [-0.25, -0.2) is 0 Å². The van der Waals surface area contributed by atoms with Gasteiger partial charge in [-0.2, -0.15) is 0 Å². The van der Waals surface area contributed by atoms with Crippen LogP contribution < -0.4 is 10.1 Å². The van der Waals surface area contributed by atoms with Crippen LogP contribution in [0.3, 0.4) is 0 Å². The number of amides is 2. The van der Waals surface area contributed by atoms with Crippen LogP contribution >= 0.6 is 0 Å². The topological polar surface area (TPSA) is 58.6 Å². The Hall–Kier alpha value is -2.82. The minimum Gasteiger partial charge on any atom is -0.484 e. The summed E-state index contributed by atoms with van der Waals surface area (Å²) in [6.07, 6.45) is 0.528. The van der Waals surface area contributed by atoms with Gasteiger partial charge in [-0.1, -0.05) is 54.4 Å². The second-order valence-corrected chi connectivity index (χ2v) is 7.70. The molecule has 2 amide bonds. The molecule has 0 bridgehead atoms. The molecule has 0 saturated carbocycles. The number of hydrogen-bond acceptors (Lipinski definition) is 3. The third kappa shape index (κ3) is 6.93. The molecular weight excluding hydrogens is 364 g/mol. The van der Waals surface area contributed by atoms with Crippen LogP contribution in [0.2, 0.25) is 0 Å². The summed E-state index contributed by atoms with van der Waals surface area (Å²) in [6.45, 7) is 10.0. The molecule has 0 radical (unpaired) electrons. The predicted molar refractivity (Wildman–Crippen MR) is 116 cm³/mol. The molecule has 1 N–H and O–H groups in total. The van der Waals surface area contributed by atoms with E-state index in [2.05, 4.69) is 5.32 Å². The van der Waals surface area contributed by atoms with Gasteiger partial charge in [0, 0.05) is 12.6 Å². The highest BCUT2D eigenvalue weighted by molar-refractivity contribution is 5.88. The molecule has 0 aliphatic carbocycles. The Kier molecular flexibility index (Phi) is 8.25. The van der Waals surface area contributed by atoms with E-state index in [1.807, 2.05) is 83.1 Å².